The van der Waals surface area contributed by atoms with Gasteiger partial charge in [-0.1, -0.05) is 13.8 Å². The SMILES string of the molecule is CC(C)CN1CCN(c2nccnc2C(=N)N)CC1. The van der Waals surface area contributed by atoms with Gasteiger partial charge in [-0.2, -0.15) is 0 Å². The van der Waals surface area contributed by atoms with Crippen LogP contribution < -0.4 is 10.6 Å². The van der Waals surface area contributed by atoms with E-state index in [0.29, 0.717) is 11.6 Å². The van der Waals surface area contributed by atoms with Gasteiger partial charge in [-0.3, -0.25) is 10.3 Å². The van der Waals surface area contributed by atoms with Gasteiger partial charge < -0.3 is 10.6 Å². The molecule has 104 valence electrons. The number of aromatic nitrogens is 2. The minimum atomic E-state index is -0.0206. The van der Waals surface area contributed by atoms with Gasteiger partial charge in [-0.05, 0) is 5.92 Å². The van der Waals surface area contributed by atoms with E-state index < -0.39 is 0 Å². The van der Waals surface area contributed by atoms with Gasteiger partial charge in [-0.15, -0.1) is 0 Å². The monoisotopic (exact) mass is 262 g/mol. The van der Waals surface area contributed by atoms with E-state index in [1.807, 2.05) is 0 Å². The summed E-state index contributed by atoms with van der Waals surface area (Å²) in [6.45, 7) is 9.47. The first-order valence-electron chi connectivity index (χ1n) is 6.70. The average molecular weight is 262 g/mol. The molecule has 1 aliphatic heterocycles. The molecule has 2 rings (SSSR count). The summed E-state index contributed by atoms with van der Waals surface area (Å²) in [5.74, 6) is 1.41. The van der Waals surface area contributed by atoms with Gasteiger partial charge in [-0.25, -0.2) is 9.97 Å². The van der Waals surface area contributed by atoms with Gasteiger partial charge in [0.05, 0.1) is 0 Å². The number of nitrogen functional groups attached to an aromatic ring is 1. The van der Waals surface area contributed by atoms with E-state index in [9.17, 15) is 0 Å². The molecule has 2 heterocycles. The van der Waals surface area contributed by atoms with Crippen molar-refractivity contribution in [2.45, 2.75) is 13.8 Å². The Bertz CT molecular complexity index is 437. The molecule has 0 aliphatic carbocycles. The van der Waals surface area contributed by atoms with Gasteiger partial charge in [0.1, 0.15) is 11.5 Å². The molecule has 1 saturated heterocycles. The first-order valence-corrected chi connectivity index (χ1v) is 6.70. The normalized spacial score (nSPS) is 16.9. The second kappa shape index (κ2) is 5.97. The third kappa shape index (κ3) is 3.41. The Morgan fingerprint density at radius 3 is 2.47 bits per heavy atom. The van der Waals surface area contributed by atoms with E-state index in [1.54, 1.807) is 12.4 Å². The highest BCUT2D eigenvalue weighted by Crippen LogP contribution is 2.17. The first-order chi connectivity index (χ1) is 9.08. The van der Waals surface area contributed by atoms with Crippen molar-refractivity contribution >= 4 is 11.7 Å². The standard InChI is InChI=1S/C13H22N6/c1-10(2)9-18-5-7-19(8-6-18)13-11(12(14)15)16-3-4-17-13/h3-4,10H,5-9H2,1-2H3,(H3,14,15). The third-order valence-electron chi connectivity index (χ3n) is 3.23. The van der Waals surface area contributed by atoms with Crippen LogP contribution in [0.15, 0.2) is 12.4 Å². The molecule has 0 saturated carbocycles. The number of nitrogens with two attached hydrogens (primary N) is 1. The summed E-state index contributed by atoms with van der Waals surface area (Å²) in [6.07, 6.45) is 3.23. The summed E-state index contributed by atoms with van der Waals surface area (Å²) in [4.78, 5) is 13.1. The molecular weight excluding hydrogens is 240 g/mol. The van der Waals surface area contributed by atoms with E-state index in [4.69, 9.17) is 11.1 Å². The zero-order chi connectivity index (χ0) is 13.8. The summed E-state index contributed by atoms with van der Waals surface area (Å²) in [5, 5.41) is 7.57. The van der Waals surface area contributed by atoms with Crippen LogP contribution in [0.1, 0.15) is 19.5 Å². The topological polar surface area (TPSA) is 82.1 Å². The molecule has 1 fully saturated rings. The van der Waals surface area contributed by atoms with E-state index >= 15 is 0 Å². The summed E-state index contributed by atoms with van der Waals surface area (Å²) < 4.78 is 0. The van der Waals surface area contributed by atoms with Crippen LogP contribution in [-0.4, -0.2) is 53.4 Å². The van der Waals surface area contributed by atoms with E-state index in [0.717, 1.165) is 38.5 Å². The molecule has 1 aromatic rings. The molecule has 1 aromatic heterocycles. The van der Waals surface area contributed by atoms with Crippen LogP contribution in [0.4, 0.5) is 5.82 Å². The number of hydrogen-bond donors (Lipinski definition) is 2. The molecule has 0 unspecified atom stereocenters. The van der Waals surface area contributed by atoms with E-state index in [1.165, 1.54) is 0 Å². The predicted octanol–water partition coefficient (Wildman–Crippen LogP) is 0.539. The molecule has 19 heavy (non-hydrogen) atoms. The largest absolute Gasteiger partial charge is 0.382 e. The van der Waals surface area contributed by atoms with E-state index in [-0.39, 0.29) is 5.84 Å². The number of piperazine rings is 1. The van der Waals surface area contributed by atoms with Crippen molar-refractivity contribution in [3.8, 4) is 0 Å². The summed E-state index contributed by atoms with van der Waals surface area (Å²) in [7, 11) is 0. The maximum Gasteiger partial charge on any atom is 0.158 e. The number of anilines is 1. The summed E-state index contributed by atoms with van der Waals surface area (Å²) in [5.41, 5.74) is 6.04. The molecule has 1 aliphatic rings. The van der Waals surface area contributed by atoms with Gasteiger partial charge in [0, 0.05) is 45.1 Å². The van der Waals surface area contributed by atoms with Crippen molar-refractivity contribution in [1.29, 1.82) is 5.41 Å². The summed E-state index contributed by atoms with van der Waals surface area (Å²) in [6, 6.07) is 0. The Kier molecular flexibility index (Phi) is 4.31. The van der Waals surface area contributed by atoms with Gasteiger partial charge >= 0.3 is 0 Å². The fraction of sp³-hybridized carbons (Fsp3) is 0.615. The van der Waals surface area contributed by atoms with Gasteiger partial charge in [0.25, 0.3) is 0 Å². The van der Waals surface area contributed by atoms with Gasteiger partial charge in [0.2, 0.25) is 0 Å². The second-order valence-electron chi connectivity index (χ2n) is 5.32. The molecule has 0 amide bonds. The zero-order valence-electron chi connectivity index (χ0n) is 11.6. The van der Waals surface area contributed by atoms with Crippen LogP contribution >= 0.6 is 0 Å². The Morgan fingerprint density at radius 1 is 1.26 bits per heavy atom. The minimum absolute atomic E-state index is 0.0206. The lowest BCUT2D eigenvalue weighted by Gasteiger charge is -2.36. The maximum atomic E-state index is 7.57. The molecule has 6 heteroatoms. The fourth-order valence-corrected chi connectivity index (χ4v) is 2.41. The molecule has 6 nitrogen and oxygen atoms in total. The number of rotatable bonds is 4. The van der Waals surface area contributed by atoms with Crippen LogP contribution in [0, 0.1) is 11.3 Å². The van der Waals surface area contributed by atoms with Crippen molar-refractivity contribution < 1.29 is 0 Å². The third-order valence-corrected chi connectivity index (χ3v) is 3.23. The Balaban J connectivity index is 2.04. The molecule has 0 aromatic carbocycles. The molecule has 0 spiro atoms. The summed E-state index contributed by atoms with van der Waals surface area (Å²) >= 11 is 0. The highest BCUT2D eigenvalue weighted by molar-refractivity contribution is 5.97. The average Bonchev–Trinajstić information content (AvgIpc) is 2.39. The zero-order valence-corrected chi connectivity index (χ0v) is 11.6. The number of nitrogens with one attached hydrogen (secondary N) is 1. The lowest BCUT2D eigenvalue weighted by molar-refractivity contribution is 0.231. The van der Waals surface area contributed by atoms with Crippen molar-refractivity contribution in [1.82, 2.24) is 14.9 Å². The second-order valence-corrected chi connectivity index (χ2v) is 5.32. The maximum absolute atomic E-state index is 7.57. The Labute approximate surface area is 114 Å². The fourth-order valence-electron chi connectivity index (χ4n) is 2.41. The molecule has 3 N–H and O–H groups in total. The Morgan fingerprint density at radius 2 is 1.89 bits per heavy atom. The lowest BCUT2D eigenvalue weighted by Crippen LogP contribution is -2.48. The number of nitrogens with zero attached hydrogens (tertiary/aromatic N) is 4. The first kappa shape index (κ1) is 13.7. The van der Waals surface area contributed by atoms with Crippen LogP contribution in [0.2, 0.25) is 0 Å². The molecular formula is C13H22N6. The Hall–Kier alpha value is -1.69. The minimum Gasteiger partial charge on any atom is -0.382 e. The molecule has 0 bridgehead atoms. The molecule has 0 atom stereocenters. The highest BCUT2D eigenvalue weighted by atomic mass is 15.3. The lowest BCUT2D eigenvalue weighted by atomic mass is 10.2. The number of amidine groups is 1. The predicted molar refractivity (Wildman–Crippen MR) is 76.5 cm³/mol. The van der Waals surface area contributed by atoms with Crippen LogP contribution in [0.25, 0.3) is 0 Å². The highest BCUT2D eigenvalue weighted by Gasteiger charge is 2.21. The van der Waals surface area contributed by atoms with Crippen molar-refractivity contribution in [3.05, 3.63) is 18.1 Å². The van der Waals surface area contributed by atoms with Crippen LogP contribution in [-0.2, 0) is 0 Å². The van der Waals surface area contributed by atoms with Crippen LogP contribution in [0.5, 0.6) is 0 Å². The van der Waals surface area contributed by atoms with Gasteiger partial charge in [0.15, 0.2) is 5.82 Å². The van der Waals surface area contributed by atoms with Crippen molar-refractivity contribution in [2.24, 2.45) is 11.7 Å². The molecule has 0 radical (unpaired) electrons. The van der Waals surface area contributed by atoms with Crippen molar-refractivity contribution in [3.63, 3.8) is 0 Å². The van der Waals surface area contributed by atoms with E-state index in [2.05, 4.69) is 33.6 Å². The van der Waals surface area contributed by atoms with Crippen LogP contribution in [0.3, 0.4) is 0 Å². The number of hydrogen-bond acceptors (Lipinski definition) is 5. The smallest absolute Gasteiger partial charge is 0.158 e. The van der Waals surface area contributed by atoms with Crippen molar-refractivity contribution in [2.75, 3.05) is 37.6 Å². The quantitative estimate of drug-likeness (QED) is 0.611.